The van der Waals surface area contributed by atoms with E-state index in [4.69, 9.17) is 4.74 Å². The highest BCUT2D eigenvalue weighted by molar-refractivity contribution is 5.85. The lowest BCUT2D eigenvalue weighted by Gasteiger charge is -2.28. The number of ether oxygens (including phenoxy) is 1. The van der Waals surface area contributed by atoms with Crippen molar-refractivity contribution in [1.29, 1.82) is 0 Å². The summed E-state index contributed by atoms with van der Waals surface area (Å²) in [6.07, 6.45) is 1.52. The highest BCUT2D eigenvalue weighted by Gasteiger charge is 2.34. The molecule has 4 nitrogen and oxygen atoms in total. The molecule has 1 saturated heterocycles. The number of nitrogens with one attached hydrogen (secondary N) is 1. The Morgan fingerprint density at radius 2 is 2.20 bits per heavy atom. The van der Waals surface area contributed by atoms with Crippen molar-refractivity contribution < 1.29 is 9.53 Å². The number of nitrogens with zero attached hydrogens (tertiary/aromatic N) is 1. The Labute approximate surface area is 125 Å². The van der Waals surface area contributed by atoms with Crippen LogP contribution < -0.4 is 5.32 Å². The van der Waals surface area contributed by atoms with E-state index in [1.807, 2.05) is 30.1 Å². The second kappa shape index (κ2) is 6.57. The zero-order valence-corrected chi connectivity index (χ0v) is 12.5. The highest BCUT2D eigenvalue weighted by Crippen LogP contribution is 2.29. The average molecular weight is 297 g/mol. The molecule has 0 bridgehead atoms. The van der Waals surface area contributed by atoms with Gasteiger partial charge in [-0.05, 0) is 31.0 Å². The second-order valence-electron chi connectivity index (χ2n) is 5.26. The van der Waals surface area contributed by atoms with Gasteiger partial charge in [-0.1, -0.05) is 24.3 Å². The molecule has 0 spiro atoms. The van der Waals surface area contributed by atoms with Crippen molar-refractivity contribution in [1.82, 2.24) is 10.2 Å². The molecule has 2 aliphatic rings. The highest BCUT2D eigenvalue weighted by atomic mass is 35.5. The molecular formula is C15H21ClN2O2. The van der Waals surface area contributed by atoms with E-state index >= 15 is 0 Å². The van der Waals surface area contributed by atoms with Crippen LogP contribution in [0, 0.1) is 0 Å². The zero-order valence-electron chi connectivity index (χ0n) is 11.7. The first-order chi connectivity index (χ1) is 9.29. The maximum atomic E-state index is 12.6. The van der Waals surface area contributed by atoms with E-state index in [1.165, 1.54) is 5.56 Å². The molecule has 0 aliphatic carbocycles. The van der Waals surface area contributed by atoms with Gasteiger partial charge < -0.3 is 15.0 Å². The number of fused-ring (bicyclic) bond motifs is 1. The summed E-state index contributed by atoms with van der Waals surface area (Å²) < 4.78 is 5.74. The molecule has 1 N–H and O–H groups in total. The minimum atomic E-state index is -0.402. The van der Waals surface area contributed by atoms with Gasteiger partial charge in [-0.3, -0.25) is 4.79 Å². The molecule has 5 heteroatoms. The van der Waals surface area contributed by atoms with Gasteiger partial charge in [0, 0.05) is 19.1 Å². The van der Waals surface area contributed by atoms with Crippen LogP contribution in [0.4, 0.5) is 0 Å². The van der Waals surface area contributed by atoms with E-state index in [0.717, 1.165) is 31.5 Å². The van der Waals surface area contributed by atoms with Crippen LogP contribution >= 0.6 is 12.4 Å². The van der Waals surface area contributed by atoms with Gasteiger partial charge >= 0.3 is 0 Å². The number of hydrogen-bond acceptors (Lipinski definition) is 3. The number of likely N-dealkylation sites (tertiary alicyclic amines) is 1. The molecule has 1 amide bonds. The van der Waals surface area contributed by atoms with E-state index in [0.29, 0.717) is 12.6 Å². The average Bonchev–Trinajstić information content (AvgIpc) is 2.95. The lowest BCUT2D eigenvalue weighted by molar-refractivity contribution is -0.144. The summed E-state index contributed by atoms with van der Waals surface area (Å²) in [4.78, 5) is 14.5. The van der Waals surface area contributed by atoms with Crippen LogP contribution in [0.2, 0.25) is 0 Å². The van der Waals surface area contributed by atoms with Crippen LogP contribution in [0.15, 0.2) is 24.3 Å². The number of amides is 1. The van der Waals surface area contributed by atoms with E-state index < -0.39 is 6.10 Å². The fourth-order valence-electron chi connectivity index (χ4n) is 2.96. The Balaban J connectivity index is 0.00000147. The van der Waals surface area contributed by atoms with Gasteiger partial charge in [0.15, 0.2) is 6.10 Å². The molecule has 2 unspecified atom stereocenters. The molecule has 0 saturated carbocycles. The molecule has 3 rings (SSSR count). The predicted octanol–water partition coefficient (Wildman–Crippen LogP) is 1.54. The molecule has 20 heavy (non-hydrogen) atoms. The van der Waals surface area contributed by atoms with Gasteiger partial charge in [0.05, 0.1) is 6.61 Å². The van der Waals surface area contributed by atoms with E-state index in [2.05, 4.69) is 11.4 Å². The Bertz CT molecular complexity index is 481. The van der Waals surface area contributed by atoms with Crippen LogP contribution in [0.25, 0.3) is 0 Å². The van der Waals surface area contributed by atoms with Crippen LogP contribution in [-0.4, -0.2) is 43.6 Å². The number of benzene rings is 1. The largest absolute Gasteiger partial charge is 0.363 e. The van der Waals surface area contributed by atoms with Crippen molar-refractivity contribution >= 4 is 18.3 Å². The van der Waals surface area contributed by atoms with Gasteiger partial charge in [-0.15, -0.1) is 12.4 Å². The number of hydrogen-bond donors (Lipinski definition) is 1. The third kappa shape index (κ3) is 2.82. The normalized spacial score (nSPS) is 24.9. The molecule has 1 aromatic rings. The summed E-state index contributed by atoms with van der Waals surface area (Å²) in [5, 5.41) is 3.24. The molecule has 2 aliphatic heterocycles. The van der Waals surface area contributed by atoms with Crippen molar-refractivity contribution in [3.8, 4) is 0 Å². The lowest BCUT2D eigenvalue weighted by Crippen LogP contribution is -2.38. The second-order valence-corrected chi connectivity index (χ2v) is 5.26. The zero-order chi connectivity index (χ0) is 13.2. The van der Waals surface area contributed by atoms with Gasteiger partial charge in [0.2, 0.25) is 0 Å². The van der Waals surface area contributed by atoms with Crippen molar-refractivity contribution in [3.05, 3.63) is 35.4 Å². The Morgan fingerprint density at radius 1 is 1.40 bits per heavy atom. The molecular weight excluding hydrogens is 276 g/mol. The van der Waals surface area contributed by atoms with Crippen LogP contribution in [-0.2, 0) is 16.0 Å². The number of rotatable bonds is 2. The first kappa shape index (κ1) is 15.3. The first-order valence-electron chi connectivity index (χ1n) is 6.95. The van der Waals surface area contributed by atoms with E-state index in [9.17, 15) is 4.79 Å². The summed E-state index contributed by atoms with van der Waals surface area (Å²) in [5.41, 5.74) is 2.29. The summed E-state index contributed by atoms with van der Waals surface area (Å²) in [7, 11) is 1.95. The monoisotopic (exact) mass is 296 g/mol. The topological polar surface area (TPSA) is 41.6 Å². The lowest BCUT2D eigenvalue weighted by atomic mass is 9.97. The van der Waals surface area contributed by atoms with Crippen LogP contribution in [0.1, 0.15) is 23.7 Å². The van der Waals surface area contributed by atoms with Crippen molar-refractivity contribution in [3.63, 3.8) is 0 Å². The summed E-state index contributed by atoms with van der Waals surface area (Å²) >= 11 is 0. The van der Waals surface area contributed by atoms with Crippen LogP contribution in [0.3, 0.4) is 0 Å². The summed E-state index contributed by atoms with van der Waals surface area (Å²) in [6.45, 7) is 2.25. The van der Waals surface area contributed by atoms with Gasteiger partial charge in [-0.2, -0.15) is 0 Å². The van der Waals surface area contributed by atoms with Crippen molar-refractivity contribution in [2.75, 3.05) is 26.7 Å². The smallest absolute Gasteiger partial charge is 0.256 e. The molecule has 2 atom stereocenters. The van der Waals surface area contributed by atoms with Gasteiger partial charge in [0.1, 0.15) is 0 Å². The maximum Gasteiger partial charge on any atom is 0.256 e. The minimum absolute atomic E-state index is 0. The van der Waals surface area contributed by atoms with E-state index in [1.54, 1.807) is 0 Å². The molecule has 1 fully saturated rings. The third-order valence-electron chi connectivity index (χ3n) is 4.13. The Morgan fingerprint density at radius 3 is 2.95 bits per heavy atom. The maximum absolute atomic E-state index is 12.6. The summed E-state index contributed by atoms with van der Waals surface area (Å²) in [5.74, 6) is 0.116. The number of carbonyl (C=O) groups excluding carboxylic acids is 1. The standard InChI is InChI=1S/C15H20N2O2.ClH/c1-16-12-6-8-17(10-12)15(18)14-13-5-3-2-4-11(13)7-9-19-14;/h2-5,12,14,16H,6-10H2,1H3;1H. The van der Waals surface area contributed by atoms with Crippen molar-refractivity contribution in [2.45, 2.75) is 25.0 Å². The minimum Gasteiger partial charge on any atom is -0.363 e. The Kier molecular flexibility index (Phi) is 5.02. The van der Waals surface area contributed by atoms with E-state index in [-0.39, 0.29) is 18.3 Å². The SMILES string of the molecule is CNC1CCN(C(=O)C2OCCc3ccccc32)C1.Cl. The molecule has 0 aromatic heterocycles. The third-order valence-corrected chi connectivity index (χ3v) is 4.13. The molecule has 0 radical (unpaired) electrons. The number of likely N-dealkylation sites (N-methyl/N-ethyl adjacent to an activating group) is 1. The number of carbonyl (C=O) groups is 1. The fourth-order valence-corrected chi connectivity index (χ4v) is 2.96. The van der Waals surface area contributed by atoms with Crippen molar-refractivity contribution in [2.24, 2.45) is 0 Å². The van der Waals surface area contributed by atoms with Gasteiger partial charge in [0.25, 0.3) is 5.91 Å². The molecule has 2 heterocycles. The molecule has 110 valence electrons. The Hall–Kier alpha value is -1.10. The van der Waals surface area contributed by atoms with Crippen LogP contribution in [0.5, 0.6) is 0 Å². The van der Waals surface area contributed by atoms with Gasteiger partial charge in [-0.25, -0.2) is 0 Å². The molecule has 1 aromatic carbocycles. The summed E-state index contributed by atoms with van der Waals surface area (Å²) in [6, 6.07) is 8.54. The predicted molar refractivity (Wildman–Crippen MR) is 80.1 cm³/mol. The number of halogens is 1. The quantitative estimate of drug-likeness (QED) is 0.900. The fraction of sp³-hybridized carbons (Fsp3) is 0.533. The first-order valence-corrected chi connectivity index (χ1v) is 6.95.